The van der Waals surface area contributed by atoms with Gasteiger partial charge in [0.15, 0.2) is 56.6 Å². The Balaban J connectivity index is 1.06. The van der Waals surface area contributed by atoms with E-state index in [1.165, 1.54) is 0 Å². The van der Waals surface area contributed by atoms with E-state index in [2.05, 4.69) is 25.5 Å². The van der Waals surface area contributed by atoms with Crippen molar-refractivity contribution in [1.29, 1.82) is 0 Å². The minimum atomic E-state index is -5.44. The van der Waals surface area contributed by atoms with Gasteiger partial charge in [0, 0.05) is 27.7 Å². The zero-order valence-corrected chi connectivity index (χ0v) is 62.5. The molecule has 0 saturated carbocycles. The average molecular weight is 1720 g/mol. The first-order valence-electron chi connectivity index (χ1n) is 36.3. The monoisotopic (exact) mass is 1720 g/mol. The Morgan fingerprint density at radius 3 is 0.940 bits per heavy atom. The van der Waals surface area contributed by atoms with Gasteiger partial charge in [0.2, 0.25) is 23.6 Å². The molecule has 9 aliphatic rings. The van der Waals surface area contributed by atoms with E-state index in [9.17, 15) is 155 Å². The maximum atomic E-state index is 13.1. The third-order valence-electron chi connectivity index (χ3n) is 20.5. The van der Waals surface area contributed by atoms with Crippen molar-refractivity contribution in [3.05, 3.63) is 0 Å². The summed E-state index contributed by atoms with van der Waals surface area (Å²) in [6, 6.07) is -7.62. The molecule has 45 atom stereocenters. The normalized spacial score (nSPS) is 47.8. The number of ether oxygens (including phenoxy) is 17. The molecule has 53 nitrogen and oxygen atoms in total. The second-order valence-electron chi connectivity index (χ2n) is 28.7. The Bertz CT molecular complexity index is 3250. The zero-order chi connectivity index (χ0) is 85.7. The lowest BCUT2D eigenvalue weighted by molar-refractivity contribution is -0.397. The Kier molecular flexibility index (Phi) is 34.3. The largest absolute Gasteiger partial charge is 0.397 e. The highest BCUT2D eigenvalue weighted by Crippen LogP contribution is 2.40. The van der Waals surface area contributed by atoms with Crippen LogP contribution in [0.1, 0.15) is 27.7 Å². The number of hydrogen-bond donors (Lipinski definition) is 29. The zero-order valence-electron chi connectivity index (χ0n) is 61.7. The minimum absolute atomic E-state index is 0.802. The first-order chi connectivity index (χ1) is 54.6. The Hall–Kier alpha value is -3.89. The average Bonchev–Trinajstić information content (AvgIpc) is 0.764. The molecule has 9 rings (SSSR count). The van der Waals surface area contributed by atoms with Crippen LogP contribution in [0, 0.1) is 0 Å². The quantitative estimate of drug-likeness (QED) is 0.0287. The highest BCUT2D eigenvalue weighted by atomic mass is 32.3. The number of carbonyl (C=O) groups is 4. The number of aliphatic hydroxyl groups is 24. The number of hydrogen-bond acceptors (Lipinski definition) is 48. The van der Waals surface area contributed by atoms with Crippen molar-refractivity contribution in [2.75, 3.05) is 59.5 Å². The molecule has 0 aromatic rings. The van der Waals surface area contributed by atoms with Crippen LogP contribution in [0.2, 0.25) is 0 Å². The molecule has 9 aliphatic heterocycles. The van der Waals surface area contributed by atoms with Gasteiger partial charge in [-0.2, -0.15) is 8.42 Å². The highest BCUT2D eigenvalue weighted by molar-refractivity contribution is 7.80. The molecule has 9 fully saturated rings. The van der Waals surface area contributed by atoms with Crippen molar-refractivity contribution in [3.8, 4) is 0 Å². The summed E-state index contributed by atoms with van der Waals surface area (Å²) >= 11 is 0. The van der Waals surface area contributed by atoms with Crippen molar-refractivity contribution >= 4 is 34.0 Å². The van der Waals surface area contributed by atoms with E-state index in [-0.39, 0.29) is 0 Å². The molecule has 0 bridgehead atoms. The maximum Gasteiger partial charge on any atom is 0.397 e. The highest BCUT2D eigenvalue weighted by Gasteiger charge is 2.61. The molecule has 9 saturated heterocycles. The van der Waals surface area contributed by atoms with E-state index in [4.69, 9.17) is 80.5 Å². The molecule has 0 spiro atoms. The predicted octanol–water partition coefficient (Wildman–Crippen LogP) is -20.2. The fraction of sp³-hybridized carbons (Fsp3) is 0.935. The molecule has 0 unspecified atom stereocenters. The summed E-state index contributed by atoms with van der Waals surface area (Å²) in [5.74, 6) is -3.75. The molecular formula is C62H104N4O49S. The van der Waals surface area contributed by atoms with Gasteiger partial charge in [0.05, 0.1) is 59.5 Å². The van der Waals surface area contributed by atoms with E-state index >= 15 is 0 Å². The summed E-state index contributed by atoms with van der Waals surface area (Å²) in [7, 11) is -5.44. The van der Waals surface area contributed by atoms with Crippen LogP contribution in [0.4, 0.5) is 0 Å². The van der Waals surface area contributed by atoms with Crippen LogP contribution >= 0.6 is 0 Å². The lowest BCUT2D eigenvalue weighted by Gasteiger charge is -2.51. The molecule has 0 aromatic carbocycles. The molecule has 0 aliphatic carbocycles. The van der Waals surface area contributed by atoms with E-state index in [1.54, 1.807) is 0 Å². The molecule has 9 heterocycles. The van der Waals surface area contributed by atoms with Crippen LogP contribution in [-0.4, -0.2) is 495 Å². The van der Waals surface area contributed by atoms with Gasteiger partial charge in [-0.05, 0) is 0 Å². The van der Waals surface area contributed by atoms with E-state index in [0.29, 0.717) is 0 Å². The van der Waals surface area contributed by atoms with Crippen molar-refractivity contribution in [2.24, 2.45) is 0 Å². The Morgan fingerprint density at radius 2 is 0.534 bits per heavy atom. The Morgan fingerprint density at radius 1 is 0.267 bits per heavy atom. The summed E-state index contributed by atoms with van der Waals surface area (Å²) in [6.45, 7) is -6.44. The molecule has 672 valence electrons. The lowest BCUT2D eigenvalue weighted by Crippen LogP contribution is -2.71. The summed E-state index contributed by atoms with van der Waals surface area (Å²) in [4.78, 5) is 50.7. The van der Waals surface area contributed by atoms with E-state index < -0.39 is 370 Å². The van der Waals surface area contributed by atoms with E-state index in [0.717, 1.165) is 27.7 Å². The van der Waals surface area contributed by atoms with Crippen LogP contribution in [0.5, 0.6) is 0 Å². The van der Waals surface area contributed by atoms with Gasteiger partial charge in [0.1, 0.15) is 219 Å². The summed E-state index contributed by atoms with van der Waals surface area (Å²) in [5.41, 5.74) is 0. The summed E-state index contributed by atoms with van der Waals surface area (Å²) in [5, 5.41) is 277. The number of aliphatic hydroxyl groups excluding tert-OH is 24. The van der Waals surface area contributed by atoms with Gasteiger partial charge in [-0.15, -0.1) is 0 Å². The molecular weight excluding hydrogens is 1620 g/mol. The SMILES string of the molecule is CC(=O)N[C@@H]1[C@@H](O)[C@H](O[C@@H]2O[C@H](CO)[C@@H](O[C@@H]3O[C@H](CO[C@H]4O[C@H](CO[C@H]5O[C@H](CO)[C@@H](O)[C@H](O)[C@@H]5O)[C@@H](O)[C@H](O[C@H]5O[C@H](CO)[C@@H](O)[C@H](O)[C@@H]5O)[C@@H]4O)[C@@H](O)[C@H](O[C@H]4O[C@H](CO)[C@@H](O)[C@H](O)[C@@H]4O[C@@H]4O[C@H](CO)[C@@H](O[C@@H]5O[C@H](CO)[C@H](OS(=O)(=O)O)[C@H](O)[C@H]5NC(C)=O)[C@H](O)[C@H]4NC(C)=O)[C@@H]3O)[C@H](O)[C@H]2NC(C)=O)[C@@H](CO)O[C@H]1O. The number of amides is 4. The third-order valence-corrected chi connectivity index (χ3v) is 21.0. The van der Waals surface area contributed by atoms with Crippen LogP contribution in [0.3, 0.4) is 0 Å². The van der Waals surface area contributed by atoms with Gasteiger partial charge in [-0.3, -0.25) is 23.7 Å². The second kappa shape index (κ2) is 41.5. The predicted molar refractivity (Wildman–Crippen MR) is 354 cm³/mol. The lowest BCUT2D eigenvalue weighted by atomic mass is 9.93. The Labute approximate surface area is 656 Å². The number of carbonyl (C=O) groups excluding carboxylic acids is 4. The van der Waals surface area contributed by atoms with Gasteiger partial charge in [0.25, 0.3) is 0 Å². The third kappa shape index (κ3) is 21.8. The molecule has 29 N–H and O–H groups in total. The van der Waals surface area contributed by atoms with Crippen molar-refractivity contribution in [1.82, 2.24) is 21.3 Å². The molecule has 54 heteroatoms. The molecule has 0 radical (unpaired) electrons. The van der Waals surface area contributed by atoms with Crippen molar-refractivity contribution < 1.29 is 239 Å². The fourth-order valence-corrected chi connectivity index (χ4v) is 15.1. The van der Waals surface area contributed by atoms with Crippen LogP contribution in [0.15, 0.2) is 0 Å². The molecule has 116 heavy (non-hydrogen) atoms. The minimum Gasteiger partial charge on any atom is -0.394 e. The van der Waals surface area contributed by atoms with Gasteiger partial charge >= 0.3 is 10.4 Å². The first kappa shape index (κ1) is 95.9. The fourth-order valence-electron chi connectivity index (χ4n) is 14.6. The number of nitrogens with one attached hydrogen (secondary N) is 4. The second-order valence-corrected chi connectivity index (χ2v) is 29.7. The van der Waals surface area contributed by atoms with E-state index in [1.807, 2.05) is 0 Å². The summed E-state index contributed by atoms with van der Waals surface area (Å²) in [6.07, 6.45) is -87.9. The van der Waals surface area contributed by atoms with Crippen molar-refractivity contribution in [3.63, 3.8) is 0 Å². The number of rotatable bonds is 31. The molecule has 0 aromatic heterocycles. The topological polar surface area (TPSA) is 822 Å². The van der Waals surface area contributed by atoms with Gasteiger partial charge in [-0.1, -0.05) is 0 Å². The maximum absolute atomic E-state index is 13.1. The van der Waals surface area contributed by atoms with Crippen LogP contribution in [-0.2, 0) is 114 Å². The standard InChI is InChI=1S/C62H104N4O49S/c1-14(74)63-27-36(83)47(21(8-70)100-54(27)94)109-55-28(64-15(2)75)38(85)49(23(10-72)104-55)111-61-46(93)52(35(82)26(108-61)13-99-59-45(92)51(112-60-44(91)41(88)32(79)19(6-68)102-60)34(81)25(107-59)12-98-58-43(90)40(87)31(78)18(5-67)101-58)113-62-53(42(89)33(80)20(7-69)103-62)114-57-29(65-16(3)76)37(84)48(22(9-71)105-57)110-56-30(66-17(4)77)39(86)50(24(11-73)106-56)115-116(95,96)97/h18-62,67-73,78-94H,5-13H2,1-4H3,(H,63,74)(H,64,75)(H,65,76)(H,66,77)(H,95,96,97)/t18-,19-,20-,21-,22-,23-,24-,25-,26-,27-,28-,29-,30-,31-,32-,33-,34-,35-,36-,37-,38-,39-,40+,41+,42+,43+,44+,45+,46+,47-,48-,49-,50+,51+,52+,53+,54-,55+,56+,57+,58+,59+,60-,61+,62-/m1/s1. The summed E-state index contributed by atoms with van der Waals surface area (Å²) < 4.78 is 138. The van der Waals surface area contributed by atoms with Crippen molar-refractivity contribution in [2.45, 2.75) is 304 Å². The van der Waals surface area contributed by atoms with Gasteiger partial charge in [-0.25, -0.2) is 4.18 Å². The first-order valence-corrected chi connectivity index (χ1v) is 37.7. The van der Waals surface area contributed by atoms with Crippen LogP contribution < -0.4 is 21.3 Å². The van der Waals surface area contributed by atoms with Gasteiger partial charge < -0.3 is 224 Å². The molecule has 4 amide bonds. The smallest absolute Gasteiger partial charge is 0.394 e. The van der Waals surface area contributed by atoms with Crippen LogP contribution in [0.25, 0.3) is 0 Å².